The molecule has 0 fully saturated rings. The molecule has 3 heterocycles. The summed E-state index contributed by atoms with van der Waals surface area (Å²) in [5, 5.41) is 13.9. The van der Waals surface area contributed by atoms with Crippen LogP contribution in [0.15, 0.2) is 42.7 Å². The molecule has 6 nitrogen and oxygen atoms in total. The van der Waals surface area contributed by atoms with Gasteiger partial charge in [0, 0.05) is 37.6 Å². The Balaban J connectivity index is 1.94. The fraction of sp³-hybridized carbons (Fsp3) is 0.250. The Labute approximate surface area is 152 Å². The summed E-state index contributed by atoms with van der Waals surface area (Å²) in [7, 11) is 3.87. The van der Waals surface area contributed by atoms with Crippen molar-refractivity contribution in [1.29, 1.82) is 0 Å². The minimum absolute atomic E-state index is 0.912. The molecule has 1 aromatic carbocycles. The molecule has 0 radical (unpaired) electrons. The maximum atomic E-state index is 4.91. The van der Waals surface area contributed by atoms with E-state index < -0.39 is 0 Å². The minimum atomic E-state index is 0.912. The molecule has 0 N–H and O–H groups in total. The van der Waals surface area contributed by atoms with Gasteiger partial charge >= 0.3 is 0 Å². The first kappa shape index (κ1) is 16.3. The van der Waals surface area contributed by atoms with Gasteiger partial charge in [-0.1, -0.05) is 17.7 Å². The quantitative estimate of drug-likeness (QED) is 0.569. The molecule has 0 unspecified atom stereocenters. The van der Waals surface area contributed by atoms with Gasteiger partial charge in [0.25, 0.3) is 0 Å². The predicted octanol–water partition coefficient (Wildman–Crippen LogP) is 3.60. The number of hydrogen-bond acceptors (Lipinski definition) is 3. The zero-order valence-corrected chi connectivity index (χ0v) is 15.7. The number of hydrogen-bond donors (Lipinski definition) is 0. The first-order valence-electron chi connectivity index (χ1n) is 8.60. The highest BCUT2D eigenvalue weighted by atomic mass is 15.3. The van der Waals surface area contributed by atoms with Crippen LogP contribution in [0.5, 0.6) is 0 Å². The van der Waals surface area contributed by atoms with Gasteiger partial charge in [-0.25, -0.2) is 4.68 Å². The third-order valence-electron chi connectivity index (χ3n) is 4.57. The van der Waals surface area contributed by atoms with Gasteiger partial charge in [-0.15, -0.1) is 0 Å². The lowest BCUT2D eigenvalue weighted by molar-refractivity contribution is 0.756. The summed E-state index contributed by atoms with van der Waals surface area (Å²) in [6, 6.07) is 10.5. The Kier molecular flexibility index (Phi) is 3.76. The molecule has 4 aromatic rings. The lowest BCUT2D eigenvalue weighted by Gasteiger charge is -2.07. The molecule has 0 amide bonds. The summed E-state index contributed by atoms with van der Waals surface area (Å²) in [4.78, 5) is 0. The van der Waals surface area contributed by atoms with E-state index in [1.807, 2.05) is 54.4 Å². The van der Waals surface area contributed by atoms with E-state index in [-0.39, 0.29) is 0 Å². The average molecular weight is 346 g/mol. The van der Waals surface area contributed by atoms with Crippen molar-refractivity contribution in [3.05, 3.63) is 59.7 Å². The van der Waals surface area contributed by atoms with Crippen LogP contribution in [-0.2, 0) is 14.1 Å². The first-order chi connectivity index (χ1) is 12.4. The van der Waals surface area contributed by atoms with Crippen molar-refractivity contribution in [1.82, 2.24) is 29.3 Å². The van der Waals surface area contributed by atoms with E-state index in [2.05, 4.69) is 47.5 Å². The van der Waals surface area contributed by atoms with E-state index in [4.69, 9.17) is 5.10 Å². The van der Waals surface area contributed by atoms with Gasteiger partial charge in [0.2, 0.25) is 0 Å². The maximum Gasteiger partial charge on any atom is 0.0968 e. The third kappa shape index (κ3) is 2.73. The van der Waals surface area contributed by atoms with Crippen molar-refractivity contribution in [3.63, 3.8) is 0 Å². The summed E-state index contributed by atoms with van der Waals surface area (Å²) in [5.74, 6) is 0. The van der Waals surface area contributed by atoms with Crippen LogP contribution in [0.4, 0.5) is 0 Å². The van der Waals surface area contributed by atoms with Crippen molar-refractivity contribution < 1.29 is 0 Å². The zero-order valence-electron chi connectivity index (χ0n) is 15.7. The highest BCUT2D eigenvalue weighted by molar-refractivity contribution is 5.72. The van der Waals surface area contributed by atoms with Crippen LogP contribution in [0.25, 0.3) is 28.2 Å². The Bertz CT molecular complexity index is 1080. The Morgan fingerprint density at radius 1 is 0.731 bits per heavy atom. The molecule has 0 atom stereocenters. The van der Waals surface area contributed by atoms with Crippen molar-refractivity contribution in [2.45, 2.75) is 20.8 Å². The summed E-state index contributed by atoms with van der Waals surface area (Å²) >= 11 is 0. The van der Waals surface area contributed by atoms with Gasteiger partial charge in [-0.05, 0) is 39.0 Å². The predicted molar refractivity (Wildman–Crippen MR) is 102 cm³/mol. The number of benzene rings is 1. The number of aromatic nitrogens is 6. The van der Waals surface area contributed by atoms with Crippen molar-refractivity contribution in [2.75, 3.05) is 0 Å². The fourth-order valence-electron chi connectivity index (χ4n) is 3.29. The number of aryl methyl sites for hydroxylation is 5. The molecule has 0 saturated heterocycles. The normalized spacial score (nSPS) is 11.3. The van der Waals surface area contributed by atoms with Crippen LogP contribution in [0.1, 0.15) is 17.0 Å². The molecular weight excluding hydrogens is 324 g/mol. The van der Waals surface area contributed by atoms with E-state index in [9.17, 15) is 0 Å². The van der Waals surface area contributed by atoms with E-state index >= 15 is 0 Å². The molecule has 3 aromatic heterocycles. The van der Waals surface area contributed by atoms with Gasteiger partial charge in [0.15, 0.2) is 0 Å². The average Bonchev–Trinajstić information content (AvgIpc) is 3.25. The second-order valence-electron chi connectivity index (χ2n) is 6.77. The topological polar surface area (TPSA) is 53.5 Å². The highest BCUT2D eigenvalue weighted by Gasteiger charge is 2.18. The smallest absolute Gasteiger partial charge is 0.0968 e. The summed E-state index contributed by atoms with van der Waals surface area (Å²) in [6.07, 6.45) is 4.05. The molecule has 0 aliphatic rings. The van der Waals surface area contributed by atoms with E-state index in [1.54, 1.807) is 0 Å². The molecular formula is C20H22N6. The summed E-state index contributed by atoms with van der Waals surface area (Å²) in [6.45, 7) is 6.12. The zero-order chi connectivity index (χ0) is 18.4. The van der Waals surface area contributed by atoms with Gasteiger partial charge < -0.3 is 0 Å². The molecule has 6 heteroatoms. The third-order valence-corrected chi connectivity index (χ3v) is 4.57. The lowest BCUT2D eigenvalue weighted by atomic mass is 10.1. The molecule has 0 bridgehead atoms. The molecule has 4 rings (SSSR count). The minimum Gasteiger partial charge on any atom is -0.275 e. The Morgan fingerprint density at radius 2 is 1.31 bits per heavy atom. The van der Waals surface area contributed by atoms with Crippen LogP contribution >= 0.6 is 0 Å². The second kappa shape index (κ2) is 5.98. The number of rotatable bonds is 3. The fourth-order valence-corrected chi connectivity index (χ4v) is 3.29. The highest BCUT2D eigenvalue weighted by Crippen LogP contribution is 2.31. The number of nitrogens with zero attached hydrogens (tertiary/aromatic N) is 6. The molecule has 26 heavy (non-hydrogen) atoms. The monoisotopic (exact) mass is 346 g/mol. The summed E-state index contributed by atoms with van der Waals surface area (Å²) < 4.78 is 5.65. The van der Waals surface area contributed by atoms with Gasteiger partial charge in [-0.2, -0.15) is 15.3 Å². The van der Waals surface area contributed by atoms with E-state index in [0.29, 0.717) is 0 Å². The van der Waals surface area contributed by atoms with Crippen LogP contribution in [0, 0.1) is 20.8 Å². The SMILES string of the molecule is Cc1ccc(-n2nc(-c3cn(C)nc3C)cc2-c2cn(C)nc2C)cc1. The van der Waals surface area contributed by atoms with Gasteiger partial charge in [0.05, 0.1) is 28.5 Å². The van der Waals surface area contributed by atoms with Crippen molar-refractivity contribution in [3.8, 4) is 28.2 Å². The van der Waals surface area contributed by atoms with E-state index in [1.165, 1.54) is 5.56 Å². The van der Waals surface area contributed by atoms with Crippen LogP contribution in [-0.4, -0.2) is 29.3 Å². The Hall–Kier alpha value is -3.15. The summed E-state index contributed by atoms with van der Waals surface area (Å²) in [5.41, 5.74) is 8.26. The lowest BCUT2D eigenvalue weighted by Crippen LogP contribution is -1.99. The molecule has 132 valence electrons. The van der Waals surface area contributed by atoms with Crippen molar-refractivity contribution in [2.24, 2.45) is 14.1 Å². The molecule has 0 aliphatic heterocycles. The molecule has 0 spiro atoms. The largest absolute Gasteiger partial charge is 0.275 e. The Morgan fingerprint density at radius 3 is 1.85 bits per heavy atom. The molecule has 0 aliphatic carbocycles. The van der Waals surface area contributed by atoms with E-state index in [0.717, 1.165) is 39.6 Å². The standard InChI is InChI=1S/C20H22N6/c1-13-6-8-16(9-7-13)26-20(18-12-25(5)22-15(18)3)10-19(23-26)17-11-24(4)21-14(17)2/h6-12H,1-5H3. The van der Waals surface area contributed by atoms with Crippen LogP contribution < -0.4 is 0 Å². The van der Waals surface area contributed by atoms with Crippen LogP contribution in [0.3, 0.4) is 0 Å². The van der Waals surface area contributed by atoms with Crippen molar-refractivity contribution >= 4 is 0 Å². The first-order valence-corrected chi connectivity index (χ1v) is 8.60. The van der Waals surface area contributed by atoms with Gasteiger partial charge in [0.1, 0.15) is 0 Å². The second-order valence-corrected chi connectivity index (χ2v) is 6.77. The van der Waals surface area contributed by atoms with Crippen LogP contribution in [0.2, 0.25) is 0 Å². The maximum absolute atomic E-state index is 4.91. The van der Waals surface area contributed by atoms with Gasteiger partial charge in [-0.3, -0.25) is 9.36 Å². The molecule has 0 saturated carbocycles.